The Kier molecular flexibility index (Phi) is 17.4. The van der Waals surface area contributed by atoms with E-state index in [0.717, 1.165) is 6.42 Å². The Labute approximate surface area is 437 Å². The third kappa shape index (κ3) is 10.0. The fourth-order valence-corrected chi connectivity index (χ4v) is 14.7. The average Bonchev–Trinajstić information content (AvgIpc) is 3.71. The number of carbonyl (C=O) groups is 1. The molecule has 5 aliphatic heterocycles. The van der Waals surface area contributed by atoms with Crippen LogP contribution in [0.5, 0.6) is 0 Å². The Hall–Kier alpha value is -1.79. The van der Waals surface area contributed by atoms with E-state index in [1.165, 1.54) is 0 Å². The summed E-state index contributed by atoms with van der Waals surface area (Å²) in [5.41, 5.74) is -2.69. The first kappa shape index (κ1) is 58.9. The van der Waals surface area contributed by atoms with Crippen LogP contribution in [0.1, 0.15) is 71.6 Å². The summed E-state index contributed by atoms with van der Waals surface area (Å²) in [4.78, 5) is 14.8. The fourth-order valence-electron chi connectivity index (χ4n) is 14.7. The Morgan fingerprint density at radius 2 is 1.04 bits per heavy atom. The van der Waals surface area contributed by atoms with Crippen LogP contribution in [0.3, 0.4) is 0 Å². The predicted octanol–water partition coefficient (Wildman–Crippen LogP) is -6.65. The van der Waals surface area contributed by atoms with E-state index in [4.69, 9.17) is 47.4 Å². The molecule has 16 N–H and O–H groups in total. The Morgan fingerprint density at radius 1 is 0.539 bits per heavy atom. The number of hydrogen-bond donors (Lipinski definition) is 16. The highest BCUT2D eigenvalue weighted by Gasteiger charge is 2.70. The maximum absolute atomic E-state index is 14.8. The van der Waals surface area contributed by atoms with Crippen molar-refractivity contribution in [1.82, 2.24) is 0 Å². The van der Waals surface area contributed by atoms with Crippen molar-refractivity contribution in [1.29, 1.82) is 0 Å². The van der Waals surface area contributed by atoms with Crippen LogP contribution >= 0.6 is 0 Å². The van der Waals surface area contributed by atoms with E-state index in [2.05, 4.69) is 13.5 Å². The Morgan fingerprint density at radius 3 is 1.63 bits per heavy atom. The van der Waals surface area contributed by atoms with Gasteiger partial charge in [0.05, 0.1) is 44.1 Å². The van der Waals surface area contributed by atoms with E-state index in [-0.39, 0.29) is 11.8 Å². The minimum Gasteiger partial charge on any atom is -0.432 e. The van der Waals surface area contributed by atoms with Crippen LogP contribution in [0.25, 0.3) is 0 Å². The first-order valence-electron chi connectivity index (χ1n) is 26.3. The normalized spacial score (nSPS) is 54.6. The van der Waals surface area contributed by atoms with E-state index in [0.29, 0.717) is 56.9 Å². The predicted molar refractivity (Wildman–Crippen MR) is 246 cm³/mol. The molecule has 0 radical (unpaired) electrons. The monoisotopic (exact) mass is 1100 g/mol. The zero-order chi connectivity index (χ0) is 55.1. The van der Waals surface area contributed by atoms with Gasteiger partial charge in [-0.2, -0.15) is 0 Å². The fraction of sp³-hybridized carbons (Fsp3) is 0.939. The van der Waals surface area contributed by atoms with E-state index in [1.54, 1.807) is 0 Å². The summed E-state index contributed by atoms with van der Waals surface area (Å²) in [5.74, 6) is -1.05. The highest BCUT2D eigenvalue weighted by Crippen LogP contribution is 2.74. The summed E-state index contributed by atoms with van der Waals surface area (Å²) in [7, 11) is 0. The maximum atomic E-state index is 14.8. The molecule has 0 amide bonds. The minimum absolute atomic E-state index is 0.0469. The number of esters is 1. The third-order valence-electron chi connectivity index (χ3n) is 18.8. The van der Waals surface area contributed by atoms with Crippen molar-refractivity contribution < 1.29 is 134 Å². The van der Waals surface area contributed by atoms with Crippen molar-refractivity contribution in [2.75, 3.05) is 33.0 Å². The molecule has 30 atom stereocenters. The van der Waals surface area contributed by atoms with Crippen LogP contribution in [0, 0.1) is 28.1 Å². The van der Waals surface area contributed by atoms with Gasteiger partial charge in [-0.1, -0.05) is 19.9 Å². The molecular formula is C49H78O27. The molecule has 436 valence electrons. The van der Waals surface area contributed by atoms with Gasteiger partial charge >= 0.3 is 5.97 Å². The molecule has 5 saturated heterocycles. The van der Waals surface area contributed by atoms with Crippen molar-refractivity contribution in [3.05, 3.63) is 12.2 Å². The molecule has 27 nitrogen and oxygen atoms in total. The molecule has 11 unspecified atom stereocenters. The Balaban J connectivity index is 0.969. The molecule has 2 bridgehead atoms. The number of carbonyl (C=O) groups excluding carboxylic acids is 1. The van der Waals surface area contributed by atoms with E-state index < -0.39 is 208 Å². The van der Waals surface area contributed by atoms with Crippen molar-refractivity contribution in [3.8, 4) is 0 Å². The SMILES string of the molecule is C=C1C[C@@]23CCC4[C@](C)(C(=O)OC5OC(CO)[C@@H](O)[C@H](O)[C@@H]5OC5OC[C@@H](O)[C@H](O)[C@@H]5O)CCC[C@@]4(C)[C@@H]2CCC1(O[C@@H]1OC(CO)[C@@H](O)[C@H](OC2OC(CO)[C@@H](O)[C@H](O)[C@@H]2O)C1OC1OC(CO)[C@@H](O)[C@H](O)[C@@H]1O)C3. The molecule has 9 aliphatic rings. The quantitative estimate of drug-likeness (QED) is 0.0437. The van der Waals surface area contributed by atoms with Crippen molar-refractivity contribution in [2.24, 2.45) is 28.1 Å². The topological polar surface area (TPSA) is 433 Å². The second kappa shape index (κ2) is 22.5. The Bertz CT molecular complexity index is 2020. The number of fused-ring (bicyclic) bond motifs is 3. The van der Waals surface area contributed by atoms with Crippen LogP contribution in [0.2, 0.25) is 0 Å². The summed E-state index contributed by atoms with van der Waals surface area (Å²) in [5, 5.41) is 170. The first-order valence-corrected chi connectivity index (χ1v) is 26.3. The minimum atomic E-state index is -1.98. The second-order valence-corrected chi connectivity index (χ2v) is 23.2. The van der Waals surface area contributed by atoms with Gasteiger partial charge in [0.15, 0.2) is 31.3 Å². The molecule has 5 heterocycles. The second-order valence-electron chi connectivity index (χ2n) is 23.2. The summed E-state index contributed by atoms with van der Waals surface area (Å²) < 4.78 is 60.2. The molecule has 1 spiro atoms. The highest BCUT2D eigenvalue weighted by molar-refractivity contribution is 5.77. The van der Waals surface area contributed by atoms with Gasteiger partial charge in [-0.05, 0) is 86.5 Å². The van der Waals surface area contributed by atoms with Crippen LogP contribution in [0.4, 0.5) is 0 Å². The maximum Gasteiger partial charge on any atom is 0.314 e. The van der Waals surface area contributed by atoms with E-state index >= 15 is 0 Å². The molecule has 9 fully saturated rings. The molecule has 4 aliphatic carbocycles. The zero-order valence-corrected chi connectivity index (χ0v) is 42.3. The number of rotatable bonds is 14. The van der Waals surface area contributed by atoms with Crippen molar-refractivity contribution in [2.45, 2.75) is 225 Å². The number of aliphatic hydroxyl groups is 16. The van der Waals surface area contributed by atoms with Crippen LogP contribution in [-0.2, 0) is 52.2 Å². The van der Waals surface area contributed by atoms with Gasteiger partial charge in [-0.25, -0.2) is 0 Å². The summed E-state index contributed by atoms with van der Waals surface area (Å²) in [6.07, 6.45) is -37.1. The van der Waals surface area contributed by atoms with Gasteiger partial charge in [0.25, 0.3) is 0 Å². The first-order chi connectivity index (χ1) is 35.9. The molecule has 76 heavy (non-hydrogen) atoms. The lowest BCUT2D eigenvalue weighted by Gasteiger charge is -2.64. The molecule has 9 rings (SSSR count). The molecular weight excluding hydrogens is 1020 g/mol. The lowest BCUT2D eigenvalue weighted by molar-refractivity contribution is -0.400. The van der Waals surface area contributed by atoms with Gasteiger partial charge in [0, 0.05) is 0 Å². The van der Waals surface area contributed by atoms with Crippen molar-refractivity contribution in [3.63, 3.8) is 0 Å². The van der Waals surface area contributed by atoms with Gasteiger partial charge in [-0.3, -0.25) is 4.79 Å². The van der Waals surface area contributed by atoms with Crippen LogP contribution in [0.15, 0.2) is 12.2 Å². The van der Waals surface area contributed by atoms with E-state index in [1.807, 2.05) is 6.92 Å². The molecule has 27 heteroatoms. The van der Waals surface area contributed by atoms with Crippen LogP contribution < -0.4 is 0 Å². The smallest absolute Gasteiger partial charge is 0.314 e. The largest absolute Gasteiger partial charge is 0.432 e. The van der Waals surface area contributed by atoms with Gasteiger partial charge in [0.2, 0.25) is 6.29 Å². The van der Waals surface area contributed by atoms with E-state index in [9.17, 15) is 86.5 Å². The number of hydrogen-bond acceptors (Lipinski definition) is 27. The molecule has 0 aromatic rings. The van der Waals surface area contributed by atoms with Gasteiger partial charge < -0.3 is 129 Å². The summed E-state index contributed by atoms with van der Waals surface area (Å²) in [6.45, 7) is 4.76. The molecule has 4 saturated carbocycles. The standard InChI is InChI=1S/C49H78O27/c1-18-11-48-9-5-24-46(2,7-4-8-47(24,3)45(66)75-43-38(33(62)29(58)22(14-52)70-43)73-40-34(63)26(55)19(54)16-67-40)25(48)6-10-49(18,17-48)76-44-39(74-42-36(65)32(61)28(57)21(13-51)69-42)37(30(59)23(15-53)71-44)72-41-35(64)31(60)27(56)20(12-50)68-41/h19-44,50-65H,1,4-17H2,2-3H3/t19-,20?,21?,22?,23?,24?,25+,26+,27-,28-,29-,30-,31+,32+,33+,34+,35+,36+,37+,38+,39?,40?,41?,42?,43?,44+,46-,47-,48-,49?/m1/s1. The number of ether oxygens (including phenoxy) is 10. The number of aliphatic hydroxyl groups excluding tert-OH is 16. The van der Waals surface area contributed by atoms with Gasteiger partial charge in [0.1, 0.15) is 110 Å². The summed E-state index contributed by atoms with van der Waals surface area (Å²) >= 11 is 0. The van der Waals surface area contributed by atoms with Gasteiger partial charge in [-0.15, -0.1) is 0 Å². The third-order valence-corrected chi connectivity index (χ3v) is 18.8. The molecule has 0 aromatic carbocycles. The van der Waals surface area contributed by atoms with Crippen LogP contribution in [-0.4, -0.2) is 274 Å². The zero-order valence-electron chi connectivity index (χ0n) is 42.3. The average molecular weight is 1100 g/mol. The summed E-state index contributed by atoms with van der Waals surface area (Å²) in [6, 6.07) is 0. The highest BCUT2D eigenvalue weighted by atomic mass is 16.8. The van der Waals surface area contributed by atoms with Crippen molar-refractivity contribution >= 4 is 5.97 Å². The molecule has 0 aromatic heterocycles. The lowest BCUT2D eigenvalue weighted by atomic mass is 9.41. The lowest BCUT2D eigenvalue weighted by Crippen LogP contribution is -2.68.